The Balaban J connectivity index is 2.06. The van der Waals surface area contributed by atoms with Crippen molar-refractivity contribution < 1.29 is 14.3 Å². The van der Waals surface area contributed by atoms with Gasteiger partial charge in [0.25, 0.3) is 5.91 Å². The van der Waals surface area contributed by atoms with Crippen molar-refractivity contribution in [3.05, 3.63) is 58.0 Å². The van der Waals surface area contributed by atoms with Crippen molar-refractivity contribution in [2.75, 3.05) is 6.54 Å². The summed E-state index contributed by atoms with van der Waals surface area (Å²) in [5, 5.41) is 13.8. The molecule has 4 nitrogen and oxygen atoms in total. The van der Waals surface area contributed by atoms with Crippen LogP contribution in [0.15, 0.2) is 34.7 Å². The maximum Gasteiger partial charge on any atom is 0.251 e. The van der Waals surface area contributed by atoms with E-state index in [1.54, 1.807) is 44.2 Å². The molecule has 0 spiro atoms. The molecule has 1 aromatic heterocycles. The fourth-order valence-corrected chi connectivity index (χ4v) is 2.34. The number of halogens is 1. The van der Waals surface area contributed by atoms with Gasteiger partial charge in [-0.25, -0.2) is 0 Å². The summed E-state index contributed by atoms with van der Waals surface area (Å²) in [6.45, 7) is 5.34. The summed E-state index contributed by atoms with van der Waals surface area (Å²) in [6, 6.07) is 8.36. The molecule has 0 saturated heterocycles. The van der Waals surface area contributed by atoms with Crippen LogP contribution in [0.25, 0.3) is 0 Å². The quantitative estimate of drug-likeness (QED) is 0.912. The van der Waals surface area contributed by atoms with E-state index >= 15 is 0 Å². The number of hydrogen-bond donors (Lipinski definition) is 2. The molecule has 5 heteroatoms. The second-order valence-electron chi connectivity index (χ2n) is 5.29. The van der Waals surface area contributed by atoms with Gasteiger partial charge in [0.05, 0.1) is 6.54 Å². The lowest BCUT2D eigenvalue weighted by molar-refractivity contribution is 0.0514. The molecule has 2 N–H and O–H groups in total. The van der Waals surface area contributed by atoms with Gasteiger partial charge in [0, 0.05) is 16.1 Å². The molecule has 0 aliphatic heterocycles. The molecule has 0 fully saturated rings. The van der Waals surface area contributed by atoms with Gasteiger partial charge in [-0.3, -0.25) is 4.79 Å². The van der Waals surface area contributed by atoms with Gasteiger partial charge in [-0.2, -0.15) is 0 Å². The Morgan fingerprint density at radius 3 is 2.48 bits per heavy atom. The van der Waals surface area contributed by atoms with E-state index in [-0.39, 0.29) is 12.5 Å². The minimum atomic E-state index is -1.19. The van der Waals surface area contributed by atoms with E-state index in [9.17, 15) is 9.90 Å². The van der Waals surface area contributed by atoms with Crippen molar-refractivity contribution in [3.63, 3.8) is 0 Å². The molecular weight excluding hydrogens is 290 g/mol. The summed E-state index contributed by atoms with van der Waals surface area (Å²) >= 11 is 5.78. The topological polar surface area (TPSA) is 62.5 Å². The summed E-state index contributed by atoms with van der Waals surface area (Å²) < 4.78 is 5.42. The molecule has 2 rings (SSSR count). The lowest BCUT2D eigenvalue weighted by atomic mass is 9.96. The number of benzene rings is 1. The minimum Gasteiger partial charge on any atom is -0.466 e. The zero-order valence-corrected chi connectivity index (χ0v) is 13.0. The molecule has 112 valence electrons. The van der Waals surface area contributed by atoms with Crippen LogP contribution in [0.2, 0.25) is 5.02 Å². The molecule has 0 radical (unpaired) electrons. The smallest absolute Gasteiger partial charge is 0.251 e. The molecule has 0 saturated carbocycles. The molecule has 21 heavy (non-hydrogen) atoms. The number of hydrogen-bond acceptors (Lipinski definition) is 3. The highest BCUT2D eigenvalue weighted by atomic mass is 35.5. The number of amides is 1. The summed E-state index contributed by atoms with van der Waals surface area (Å²) in [4.78, 5) is 12.0. The van der Waals surface area contributed by atoms with Gasteiger partial charge in [0.2, 0.25) is 0 Å². The van der Waals surface area contributed by atoms with Crippen molar-refractivity contribution in [3.8, 4) is 0 Å². The first-order chi connectivity index (χ1) is 9.79. The number of rotatable bonds is 4. The average molecular weight is 308 g/mol. The Morgan fingerprint density at radius 2 is 1.95 bits per heavy atom. The molecule has 0 aliphatic rings. The summed E-state index contributed by atoms with van der Waals surface area (Å²) in [6.07, 6.45) is 0. The van der Waals surface area contributed by atoms with E-state index in [0.29, 0.717) is 21.9 Å². The van der Waals surface area contributed by atoms with Crippen LogP contribution in [0.1, 0.15) is 34.4 Å². The second-order valence-corrected chi connectivity index (χ2v) is 5.73. The van der Waals surface area contributed by atoms with Gasteiger partial charge in [-0.15, -0.1) is 0 Å². The highest BCUT2D eigenvalue weighted by molar-refractivity contribution is 6.30. The fourth-order valence-electron chi connectivity index (χ4n) is 2.22. The maximum atomic E-state index is 12.0. The normalized spacial score (nSPS) is 13.8. The maximum absolute atomic E-state index is 12.0. The van der Waals surface area contributed by atoms with Crippen LogP contribution in [-0.2, 0) is 5.60 Å². The molecule has 1 atom stereocenters. The van der Waals surface area contributed by atoms with Crippen LogP contribution in [0.5, 0.6) is 0 Å². The number of nitrogens with one attached hydrogen (secondary N) is 1. The predicted octanol–water partition coefficient (Wildman–Crippen LogP) is 3.19. The molecule has 1 heterocycles. The first-order valence-electron chi connectivity index (χ1n) is 6.63. The zero-order chi connectivity index (χ0) is 15.6. The monoisotopic (exact) mass is 307 g/mol. The number of aliphatic hydroxyl groups is 1. The van der Waals surface area contributed by atoms with Crippen molar-refractivity contribution in [2.24, 2.45) is 0 Å². The van der Waals surface area contributed by atoms with Crippen molar-refractivity contribution >= 4 is 17.5 Å². The van der Waals surface area contributed by atoms with Crippen molar-refractivity contribution in [1.29, 1.82) is 0 Å². The molecule has 2 aromatic rings. The van der Waals surface area contributed by atoms with Gasteiger partial charge >= 0.3 is 0 Å². The van der Waals surface area contributed by atoms with Gasteiger partial charge in [0.1, 0.15) is 17.1 Å². The predicted molar refractivity (Wildman–Crippen MR) is 81.5 cm³/mol. The summed E-state index contributed by atoms with van der Waals surface area (Å²) in [5.74, 6) is 1.12. The van der Waals surface area contributed by atoms with E-state index in [2.05, 4.69) is 5.32 Å². The Hall–Kier alpha value is -1.78. The van der Waals surface area contributed by atoms with E-state index in [1.807, 2.05) is 6.92 Å². The number of aryl methyl sites for hydroxylation is 2. The minimum absolute atomic E-state index is 0.0915. The van der Waals surface area contributed by atoms with Crippen LogP contribution < -0.4 is 5.32 Å². The largest absolute Gasteiger partial charge is 0.466 e. The third kappa shape index (κ3) is 3.65. The molecule has 0 bridgehead atoms. The Kier molecular flexibility index (Phi) is 4.40. The van der Waals surface area contributed by atoms with E-state index in [0.717, 1.165) is 5.76 Å². The molecule has 1 aromatic carbocycles. The third-order valence-corrected chi connectivity index (χ3v) is 3.57. The van der Waals surface area contributed by atoms with Gasteiger partial charge in [-0.05, 0) is 51.1 Å². The number of carbonyl (C=O) groups excluding carboxylic acids is 1. The first-order valence-corrected chi connectivity index (χ1v) is 7.01. The number of carbonyl (C=O) groups is 1. The molecular formula is C16H18ClNO3. The van der Waals surface area contributed by atoms with E-state index < -0.39 is 5.60 Å². The first kappa shape index (κ1) is 15.6. The zero-order valence-electron chi connectivity index (χ0n) is 12.2. The van der Waals surface area contributed by atoms with Gasteiger partial charge in [0.15, 0.2) is 0 Å². The van der Waals surface area contributed by atoms with Gasteiger partial charge in [-0.1, -0.05) is 11.6 Å². The standard InChI is InChI=1S/C16H18ClNO3/c1-10-8-14(11(2)21-10)16(3,20)9-18-15(19)12-4-6-13(17)7-5-12/h4-8,20H,9H2,1-3H3,(H,18,19). The van der Waals surface area contributed by atoms with Crippen LogP contribution >= 0.6 is 11.6 Å². The van der Waals surface area contributed by atoms with Crippen LogP contribution in [0.4, 0.5) is 0 Å². The SMILES string of the molecule is Cc1cc(C(C)(O)CNC(=O)c2ccc(Cl)cc2)c(C)o1. The summed E-state index contributed by atoms with van der Waals surface area (Å²) in [5.41, 5.74) is -0.0177. The van der Waals surface area contributed by atoms with E-state index in [4.69, 9.17) is 16.0 Å². The lowest BCUT2D eigenvalue weighted by Gasteiger charge is -2.23. The Morgan fingerprint density at radius 1 is 1.33 bits per heavy atom. The molecule has 1 amide bonds. The Labute approximate surface area is 128 Å². The van der Waals surface area contributed by atoms with Crippen molar-refractivity contribution in [1.82, 2.24) is 5.32 Å². The number of furan rings is 1. The highest BCUT2D eigenvalue weighted by Crippen LogP contribution is 2.26. The van der Waals surface area contributed by atoms with E-state index in [1.165, 1.54) is 0 Å². The average Bonchev–Trinajstić information content (AvgIpc) is 2.77. The Bertz CT molecular complexity index is 644. The van der Waals surface area contributed by atoms with Gasteiger partial charge < -0.3 is 14.8 Å². The highest BCUT2D eigenvalue weighted by Gasteiger charge is 2.28. The van der Waals surface area contributed by atoms with Crippen LogP contribution in [0.3, 0.4) is 0 Å². The lowest BCUT2D eigenvalue weighted by Crippen LogP contribution is -2.38. The second kappa shape index (κ2) is 5.92. The summed E-state index contributed by atoms with van der Waals surface area (Å²) in [7, 11) is 0. The van der Waals surface area contributed by atoms with Crippen LogP contribution in [-0.4, -0.2) is 17.6 Å². The molecule has 1 unspecified atom stereocenters. The molecule has 0 aliphatic carbocycles. The van der Waals surface area contributed by atoms with Crippen molar-refractivity contribution in [2.45, 2.75) is 26.4 Å². The fraction of sp³-hybridized carbons (Fsp3) is 0.312. The third-order valence-electron chi connectivity index (χ3n) is 3.32. The van der Waals surface area contributed by atoms with Crippen LogP contribution in [0, 0.1) is 13.8 Å².